The number of amides is 4. The molecule has 1 rings (SSSR count). The molecule has 1 aliphatic rings. The topological polar surface area (TPSA) is 182 Å². The van der Waals surface area contributed by atoms with Crippen LogP contribution in [-0.2, 0) is 4.43 Å². The molecule has 0 aliphatic carbocycles. The SMILES string of the molecule is C1CC[SiH2]OC1.O=C(O)NC(=O)O.O=C(O)NC(=O)O. The van der Waals surface area contributed by atoms with Gasteiger partial charge in [0.25, 0.3) is 0 Å². The van der Waals surface area contributed by atoms with Crippen LogP contribution in [0.2, 0.25) is 6.04 Å². The molecule has 0 aromatic carbocycles. The van der Waals surface area contributed by atoms with Crippen molar-refractivity contribution >= 4 is 34.1 Å². The number of imide groups is 2. The molecular formula is C8H16N2O9Si. The van der Waals surface area contributed by atoms with Crippen molar-refractivity contribution in [2.45, 2.75) is 18.9 Å². The van der Waals surface area contributed by atoms with Crippen molar-refractivity contribution in [3.8, 4) is 0 Å². The summed E-state index contributed by atoms with van der Waals surface area (Å²) in [5.41, 5.74) is 0. The molecule has 4 amide bonds. The molecule has 1 saturated heterocycles. The fraction of sp³-hybridized carbons (Fsp3) is 0.500. The number of nitrogens with one attached hydrogen (secondary N) is 2. The third-order valence-corrected chi connectivity index (χ3v) is 2.87. The Morgan fingerprint density at radius 2 is 1.20 bits per heavy atom. The summed E-state index contributed by atoms with van der Waals surface area (Å²) >= 11 is 0. The summed E-state index contributed by atoms with van der Waals surface area (Å²) in [6, 6.07) is 1.42. The Morgan fingerprint density at radius 1 is 0.800 bits per heavy atom. The first-order valence-electron chi connectivity index (χ1n) is 5.29. The van der Waals surface area contributed by atoms with E-state index in [1.807, 2.05) is 0 Å². The number of rotatable bonds is 0. The molecule has 1 heterocycles. The molecule has 116 valence electrons. The quantitative estimate of drug-likeness (QED) is 0.339. The minimum atomic E-state index is -1.56. The van der Waals surface area contributed by atoms with Gasteiger partial charge in [0.05, 0.1) is 0 Å². The van der Waals surface area contributed by atoms with E-state index >= 15 is 0 Å². The van der Waals surface area contributed by atoms with E-state index in [1.165, 1.54) is 18.9 Å². The number of hydrogen-bond donors (Lipinski definition) is 6. The zero-order chi connectivity index (χ0) is 16.0. The van der Waals surface area contributed by atoms with Gasteiger partial charge in [-0.2, -0.15) is 0 Å². The molecule has 1 fully saturated rings. The smallest absolute Gasteiger partial charge is 0.414 e. The second-order valence-corrected chi connectivity index (χ2v) is 4.67. The van der Waals surface area contributed by atoms with Crippen LogP contribution in [0.5, 0.6) is 0 Å². The third-order valence-electron chi connectivity index (χ3n) is 1.51. The molecule has 20 heavy (non-hydrogen) atoms. The van der Waals surface area contributed by atoms with E-state index in [9.17, 15) is 19.2 Å². The standard InChI is InChI=1S/C4H10OSi.2C2H3NO4/c1-2-4-6-5-3-1;2*4-1(5)3-2(6)7/h1-4,6H2;2*3H,(H,4,5)(H,6,7). The highest BCUT2D eigenvalue weighted by molar-refractivity contribution is 6.27. The van der Waals surface area contributed by atoms with Gasteiger partial charge in [0, 0.05) is 6.61 Å². The first kappa shape index (κ1) is 20.0. The summed E-state index contributed by atoms with van der Waals surface area (Å²) in [4.78, 5) is 37.3. The average molecular weight is 312 g/mol. The Balaban J connectivity index is 0. The lowest BCUT2D eigenvalue weighted by Crippen LogP contribution is -2.26. The van der Waals surface area contributed by atoms with E-state index in [2.05, 4.69) is 0 Å². The van der Waals surface area contributed by atoms with Gasteiger partial charge in [0.2, 0.25) is 0 Å². The molecule has 11 nitrogen and oxygen atoms in total. The van der Waals surface area contributed by atoms with Crippen molar-refractivity contribution in [1.82, 2.24) is 10.6 Å². The minimum absolute atomic E-state index is 0.00849. The Hall–Kier alpha value is -2.34. The van der Waals surface area contributed by atoms with Crippen molar-refractivity contribution < 1.29 is 44.0 Å². The van der Waals surface area contributed by atoms with Crippen molar-refractivity contribution in [3.05, 3.63) is 0 Å². The lowest BCUT2D eigenvalue weighted by Gasteiger charge is -2.07. The van der Waals surface area contributed by atoms with Crippen molar-refractivity contribution in [3.63, 3.8) is 0 Å². The van der Waals surface area contributed by atoms with Crippen LogP contribution in [0.25, 0.3) is 0 Å². The van der Waals surface area contributed by atoms with Crippen LogP contribution in [0.15, 0.2) is 0 Å². The van der Waals surface area contributed by atoms with Crippen LogP contribution in [0.4, 0.5) is 19.2 Å². The molecule has 12 heteroatoms. The van der Waals surface area contributed by atoms with E-state index < -0.39 is 24.4 Å². The van der Waals surface area contributed by atoms with Gasteiger partial charge in [-0.3, -0.25) is 0 Å². The molecule has 0 bridgehead atoms. The van der Waals surface area contributed by atoms with Crippen LogP contribution in [0.1, 0.15) is 12.8 Å². The van der Waals surface area contributed by atoms with E-state index in [1.54, 1.807) is 0 Å². The average Bonchev–Trinajstić information content (AvgIpc) is 2.29. The minimum Gasteiger partial charge on any atom is -0.465 e. The second-order valence-electron chi connectivity index (χ2n) is 3.14. The number of hydrogen-bond acceptors (Lipinski definition) is 5. The van der Waals surface area contributed by atoms with E-state index in [0.717, 1.165) is 17.2 Å². The van der Waals surface area contributed by atoms with Gasteiger partial charge in [0.15, 0.2) is 9.76 Å². The molecule has 0 unspecified atom stereocenters. The number of carboxylic acid groups (broad SMARTS) is 4. The monoisotopic (exact) mass is 312 g/mol. The van der Waals surface area contributed by atoms with Crippen LogP contribution >= 0.6 is 0 Å². The van der Waals surface area contributed by atoms with Gasteiger partial charge in [-0.1, -0.05) is 6.42 Å². The predicted octanol–water partition coefficient (Wildman–Crippen LogP) is 0.163. The maximum Gasteiger partial charge on any atom is 0.414 e. The molecule has 0 spiro atoms. The molecule has 6 N–H and O–H groups in total. The summed E-state index contributed by atoms with van der Waals surface area (Å²) in [5, 5.41) is 32.6. The van der Waals surface area contributed by atoms with Crippen molar-refractivity contribution in [1.29, 1.82) is 0 Å². The second kappa shape index (κ2) is 13.1. The summed E-state index contributed by atoms with van der Waals surface area (Å²) in [7, 11) is 0.00849. The Morgan fingerprint density at radius 3 is 1.25 bits per heavy atom. The lowest BCUT2D eigenvalue weighted by atomic mass is 10.4. The van der Waals surface area contributed by atoms with Crippen molar-refractivity contribution in [2.24, 2.45) is 0 Å². The summed E-state index contributed by atoms with van der Waals surface area (Å²) in [6.07, 6.45) is -3.50. The fourth-order valence-electron chi connectivity index (χ4n) is 0.870. The van der Waals surface area contributed by atoms with Gasteiger partial charge in [-0.05, 0) is 12.5 Å². The fourth-order valence-corrected chi connectivity index (χ4v) is 2.04. The van der Waals surface area contributed by atoms with E-state index in [-0.39, 0.29) is 9.76 Å². The summed E-state index contributed by atoms with van der Waals surface area (Å²) in [5.74, 6) is 0. The Kier molecular flexibility index (Phi) is 13.1. The van der Waals surface area contributed by atoms with Crippen molar-refractivity contribution in [2.75, 3.05) is 6.61 Å². The molecule has 1 aliphatic heterocycles. The highest BCUT2D eigenvalue weighted by atomic mass is 28.2. The maximum atomic E-state index is 9.32. The van der Waals surface area contributed by atoms with Crippen LogP contribution in [0.3, 0.4) is 0 Å². The lowest BCUT2D eigenvalue weighted by molar-refractivity contribution is 0.172. The van der Waals surface area contributed by atoms with Gasteiger partial charge < -0.3 is 24.9 Å². The Labute approximate surface area is 115 Å². The van der Waals surface area contributed by atoms with E-state index in [4.69, 9.17) is 24.9 Å². The zero-order valence-electron chi connectivity index (χ0n) is 10.4. The van der Waals surface area contributed by atoms with Gasteiger partial charge in [0.1, 0.15) is 0 Å². The van der Waals surface area contributed by atoms with Crippen LogP contribution in [0, 0.1) is 0 Å². The summed E-state index contributed by atoms with van der Waals surface area (Å²) < 4.78 is 5.21. The van der Waals surface area contributed by atoms with Gasteiger partial charge in [-0.25, -0.2) is 29.8 Å². The highest BCUT2D eigenvalue weighted by Gasteiger charge is 1.98. The van der Waals surface area contributed by atoms with E-state index in [0.29, 0.717) is 0 Å². The molecule has 0 atom stereocenters. The molecule has 0 aromatic heterocycles. The first-order chi connectivity index (χ1) is 9.25. The van der Waals surface area contributed by atoms with Crippen LogP contribution in [-0.4, -0.2) is 61.2 Å². The number of carbonyl (C=O) groups is 4. The van der Waals surface area contributed by atoms with Gasteiger partial charge in [-0.15, -0.1) is 0 Å². The molecule has 0 aromatic rings. The molecule has 0 saturated carbocycles. The van der Waals surface area contributed by atoms with Gasteiger partial charge >= 0.3 is 24.4 Å². The molecular weight excluding hydrogens is 296 g/mol. The zero-order valence-corrected chi connectivity index (χ0v) is 11.8. The molecule has 0 radical (unpaired) electrons. The first-order valence-corrected chi connectivity index (χ1v) is 6.87. The predicted molar refractivity (Wildman–Crippen MR) is 66.9 cm³/mol. The third kappa shape index (κ3) is 24.8. The largest absolute Gasteiger partial charge is 0.465 e. The summed E-state index contributed by atoms with van der Waals surface area (Å²) in [6.45, 7) is 1.06. The maximum absolute atomic E-state index is 9.32. The normalized spacial score (nSPS) is 13.6. The highest BCUT2D eigenvalue weighted by Crippen LogP contribution is 2.01. The Bertz CT molecular complexity index is 270. The van der Waals surface area contributed by atoms with Crippen LogP contribution < -0.4 is 10.6 Å².